The van der Waals surface area contributed by atoms with Crippen LogP contribution < -0.4 is 4.74 Å². The number of oxazole rings is 1. The molecule has 0 aliphatic rings. The van der Waals surface area contributed by atoms with Gasteiger partial charge in [-0.1, -0.05) is 0 Å². The van der Waals surface area contributed by atoms with Gasteiger partial charge in [-0.25, -0.2) is 15.0 Å². The number of methoxy groups -OCH3 is 1. The van der Waals surface area contributed by atoms with Crippen LogP contribution in [-0.2, 0) is 4.74 Å². The Bertz CT molecular complexity index is 780. The molecule has 0 aliphatic carbocycles. The minimum absolute atomic E-state index is 0.481. The summed E-state index contributed by atoms with van der Waals surface area (Å²) in [5, 5.41) is 2.84. The molecule has 0 unspecified atom stereocenters. The lowest BCUT2D eigenvalue weighted by atomic mass is 10.3. The van der Waals surface area contributed by atoms with Gasteiger partial charge in [-0.15, -0.1) is 11.3 Å². The molecular formula is C16H17N3O3S. The third-order valence-electron chi connectivity index (χ3n) is 3.16. The molecule has 23 heavy (non-hydrogen) atoms. The Kier molecular flexibility index (Phi) is 4.68. The highest BCUT2D eigenvalue weighted by atomic mass is 32.1. The van der Waals surface area contributed by atoms with Crippen molar-refractivity contribution in [1.29, 1.82) is 0 Å². The van der Waals surface area contributed by atoms with Gasteiger partial charge in [-0.2, -0.15) is 0 Å². The number of hydrogen-bond donors (Lipinski definition) is 0. The Morgan fingerprint density at radius 3 is 2.70 bits per heavy atom. The molecule has 0 aliphatic heterocycles. The van der Waals surface area contributed by atoms with Crippen LogP contribution in [0.1, 0.15) is 11.6 Å². The topological polar surface area (TPSA) is 70.3 Å². The Morgan fingerprint density at radius 2 is 2.04 bits per heavy atom. The molecule has 0 atom stereocenters. The summed E-state index contributed by atoms with van der Waals surface area (Å²) >= 11 is 1.54. The second-order valence-corrected chi connectivity index (χ2v) is 5.77. The van der Waals surface area contributed by atoms with Gasteiger partial charge in [0.15, 0.2) is 11.7 Å². The van der Waals surface area contributed by atoms with Crippen molar-refractivity contribution >= 4 is 11.3 Å². The zero-order valence-electron chi connectivity index (χ0n) is 13.2. The first-order valence-corrected chi connectivity index (χ1v) is 8.03. The molecule has 3 rings (SSSR count). The number of rotatable bonds is 6. The summed E-state index contributed by atoms with van der Waals surface area (Å²) in [7, 11) is 1.64. The predicted octanol–water partition coefficient (Wildman–Crippen LogP) is 3.50. The minimum Gasteiger partial charge on any atom is -0.475 e. The first-order chi connectivity index (χ1) is 11.2. The van der Waals surface area contributed by atoms with E-state index in [1.807, 2.05) is 31.4 Å². The number of thiazole rings is 1. The summed E-state index contributed by atoms with van der Waals surface area (Å²) in [5.41, 5.74) is 2.58. The standard InChI is InChI=1S/C16H17N3O3S/c1-10-15(22-11(2)18-10)13-9-23-16(19-13)12-4-5-14(17-8-12)21-7-6-20-3/h4-5,8-9H,6-7H2,1-3H3. The largest absolute Gasteiger partial charge is 0.475 e. The van der Waals surface area contributed by atoms with Crippen LogP contribution in [0, 0.1) is 13.8 Å². The van der Waals surface area contributed by atoms with Crippen molar-refractivity contribution < 1.29 is 13.9 Å². The lowest BCUT2D eigenvalue weighted by Crippen LogP contribution is -2.05. The molecule has 0 fully saturated rings. The summed E-state index contributed by atoms with van der Waals surface area (Å²) < 4.78 is 16.0. The van der Waals surface area contributed by atoms with E-state index >= 15 is 0 Å². The van der Waals surface area contributed by atoms with E-state index in [1.165, 1.54) is 0 Å². The van der Waals surface area contributed by atoms with E-state index in [0.717, 1.165) is 27.7 Å². The fourth-order valence-corrected chi connectivity index (χ4v) is 2.89. The lowest BCUT2D eigenvalue weighted by molar-refractivity contribution is 0.144. The molecule has 0 N–H and O–H groups in total. The third kappa shape index (κ3) is 3.57. The van der Waals surface area contributed by atoms with E-state index in [2.05, 4.69) is 15.0 Å². The van der Waals surface area contributed by atoms with Gasteiger partial charge in [0, 0.05) is 37.2 Å². The predicted molar refractivity (Wildman–Crippen MR) is 87.7 cm³/mol. The van der Waals surface area contributed by atoms with Gasteiger partial charge in [-0.3, -0.25) is 0 Å². The number of aryl methyl sites for hydroxylation is 2. The summed E-state index contributed by atoms with van der Waals surface area (Å²) in [6, 6.07) is 3.77. The van der Waals surface area contributed by atoms with Crippen molar-refractivity contribution in [3.05, 3.63) is 35.3 Å². The second kappa shape index (κ2) is 6.89. The van der Waals surface area contributed by atoms with Crippen LogP contribution in [0.15, 0.2) is 28.1 Å². The zero-order chi connectivity index (χ0) is 16.2. The third-order valence-corrected chi connectivity index (χ3v) is 4.05. The molecule has 3 heterocycles. The van der Waals surface area contributed by atoms with Gasteiger partial charge < -0.3 is 13.9 Å². The monoisotopic (exact) mass is 331 g/mol. The van der Waals surface area contributed by atoms with Gasteiger partial charge in [0.1, 0.15) is 17.3 Å². The Balaban J connectivity index is 1.76. The van der Waals surface area contributed by atoms with Gasteiger partial charge >= 0.3 is 0 Å². The van der Waals surface area contributed by atoms with Crippen molar-refractivity contribution in [2.24, 2.45) is 0 Å². The van der Waals surface area contributed by atoms with Crippen molar-refractivity contribution in [1.82, 2.24) is 15.0 Å². The summed E-state index contributed by atoms with van der Waals surface area (Å²) in [5.74, 6) is 1.94. The van der Waals surface area contributed by atoms with Gasteiger partial charge in [0.05, 0.1) is 12.3 Å². The van der Waals surface area contributed by atoms with Gasteiger partial charge in [0.25, 0.3) is 0 Å². The number of aromatic nitrogens is 3. The van der Waals surface area contributed by atoms with E-state index < -0.39 is 0 Å². The van der Waals surface area contributed by atoms with E-state index in [0.29, 0.717) is 25.0 Å². The minimum atomic E-state index is 0.481. The first kappa shape index (κ1) is 15.6. The normalized spacial score (nSPS) is 10.9. The summed E-state index contributed by atoms with van der Waals surface area (Å²) in [4.78, 5) is 13.2. The van der Waals surface area contributed by atoms with Crippen LogP contribution >= 0.6 is 11.3 Å². The van der Waals surface area contributed by atoms with Gasteiger partial charge in [-0.05, 0) is 13.0 Å². The average molecular weight is 331 g/mol. The molecule has 3 aromatic rings. The maximum atomic E-state index is 5.61. The lowest BCUT2D eigenvalue weighted by Gasteiger charge is -2.04. The molecule has 0 amide bonds. The van der Waals surface area contributed by atoms with E-state index in [4.69, 9.17) is 13.9 Å². The highest BCUT2D eigenvalue weighted by molar-refractivity contribution is 7.13. The molecule has 0 saturated carbocycles. The number of ether oxygens (including phenoxy) is 2. The molecular weight excluding hydrogens is 314 g/mol. The first-order valence-electron chi connectivity index (χ1n) is 7.15. The average Bonchev–Trinajstić information content (AvgIpc) is 3.15. The second-order valence-electron chi connectivity index (χ2n) is 4.91. The molecule has 0 saturated heterocycles. The fourth-order valence-electron chi connectivity index (χ4n) is 2.10. The molecule has 0 spiro atoms. The Labute approximate surface area is 138 Å². The smallest absolute Gasteiger partial charge is 0.213 e. The fraction of sp³-hybridized carbons (Fsp3) is 0.312. The molecule has 7 heteroatoms. The SMILES string of the molecule is COCCOc1ccc(-c2nc(-c3oc(C)nc3C)cs2)cn1. The van der Waals surface area contributed by atoms with Crippen LogP contribution in [-0.4, -0.2) is 35.3 Å². The highest BCUT2D eigenvalue weighted by Crippen LogP contribution is 2.31. The van der Waals surface area contributed by atoms with E-state index in [-0.39, 0.29) is 0 Å². The van der Waals surface area contributed by atoms with E-state index in [1.54, 1.807) is 24.6 Å². The van der Waals surface area contributed by atoms with Gasteiger partial charge in [0.2, 0.25) is 5.88 Å². The van der Waals surface area contributed by atoms with Crippen LogP contribution in [0.5, 0.6) is 5.88 Å². The summed E-state index contributed by atoms with van der Waals surface area (Å²) in [6.45, 7) is 4.76. The number of hydrogen-bond acceptors (Lipinski definition) is 7. The van der Waals surface area contributed by atoms with Crippen molar-refractivity contribution in [2.45, 2.75) is 13.8 Å². The zero-order valence-corrected chi connectivity index (χ0v) is 14.0. The highest BCUT2D eigenvalue weighted by Gasteiger charge is 2.14. The van der Waals surface area contributed by atoms with Crippen LogP contribution in [0.4, 0.5) is 0 Å². The van der Waals surface area contributed by atoms with Crippen molar-refractivity contribution in [3.63, 3.8) is 0 Å². The maximum absolute atomic E-state index is 5.61. The summed E-state index contributed by atoms with van der Waals surface area (Å²) in [6.07, 6.45) is 1.75. The molecule has 0 bridgehead atoms. The number of pyridine rings is 1. The quantitative estimate of drug-likeness (QED) is 0.644. The van der Waals surface area contributed by atoms with Crippen LogP contribution in [0.25, 0.3) is 22.0 Å². The molecule has 0 aromatic carbocycles. The van der Waals surface area contributed by atoms with E-state index in [9.17, 15) is 0 Å². The Hall–Kier alpha value is -2.25. The molecule has 6 nitrogen and oxygen atoms in total. The maximum Gasteiger partial charge on any atom is 0.213 e. The van der Waals surface area contributed by atoms with Crippen molar-refractivity contribution in [3.8, 4) is 27.9 Å². The van der Waals surface area contributed by atoms with Crippen LogP contribution in [0.2, 0.25) is 0 Å². The molecule has 0 radical (unpaired) electrons. The van der Waals surface area contributed by atoms with Crippen LogP contribution in [0.3, 0.4) is 0 Å². The molecule has 120 valence electrons. The van der Waals surface area contributed by atoms with Crippen molar-refractivity contribution in [2.75, 3.05) is 20.3 Å². The number of nitrogens with zero attached hydrogens (tertiary/aromatic N) is 3. The molecule has 3 aromatic heterocycles. The Morgan fingerprint density at radius 1 is 1.17 bits per heavy atom.